The van der Waals surface area contributed by atoms with Crippen LogP contribution in [0.25, 0.3) is 0 Å². The molecule has 1 amide bonds. The Balaban J connectivity index is 1.60. The van der Waals surface area contributed by atoms with Gasteiger partial charge in [-0.25, -0.2) is 0 Å². The molecule has 7 heteroatoms. The summed E-state index contributed by atoms with van der Waals surface area (Å²) in [6.45, 7) is 5.62. The maximum atomic E-state index is 12.7. The van der Waals surface area contributed by atoms with E-state index in [1.165, 1.54) is 16.5 Å². The van der Waals surface area contributed by atoms with Crippen LogP contribution in [0.15, 0.2) is 42.5 Å². The van der Waals surface area contributed by atoms with Crippen LogP contribution in [-0.4, -0.2) is 41.9 Å². The second-order valence-corrected chi connectivity index (χ2v) is 7.04. The molecule has 2 aromatic rings. The van der Waals surface area contributed by atoms with E-state index in [-0.39, 0.29) is 11.6 Å². The maximum absolute atomic E-state index is 12.7. The third-order valence-electron chi connectivity index (χ3n) is 4.74. The van der Waals surface area contributed by atoms with Gasteiger partial charge in [0.25, 0.3) is 11.6 Å². The van der Waals surface area contributed by atoms with E-state index in [2.05, 4.69) is 6.07 Å². The predicted octanol–water partition coefficient (Wildman–Crippen LogP) is 2.10. The molecule has 0 aliphatic carbocycles. The number of nitrogens with one attached hydrogen (secondary N) is 1. The molecule has 0 saturated carbocycles. The zero-order valence-corrected chi connectivity index (χ0v) is 15.3. The first-order chi connectivity index (χ1) is 12.4. The Morgan fingerprint density at radius 2 is 1.96 bits per heavy atom. The second-order valence-electron chi connectivity index (χ2n) is 6.61. The maximum Gasteiger partial charge on any atom is 0.272 e. The van der Waals surface area contributed by atoms with E-state index in [1.807, 2.05) is 23.1 Å². The van der Waals surface area contributed by atoms with Gasteiger partial charge in [-0.1, -0.05) is 23.7 Å². The molecule has 0 aromatic heterocycles. The van der Waals surface area contributed by atoms with Crippen LogP contribution in [-0.2, 0) is 6.54 Å². The van der Waals surface area contributed by atoms with Gasteiger partial charge >= 0.3 is 0 Å². The zero-order chi connectivity index (χ0) is 18.7. The number of halogens is 1. The number of benzene rings is 2. The number of hydrogen-bond acceptors (Lipinski definition) is 3. The summed E-state index contributed by atoms with van der Waals surface area (Å²) < 4.78 is 0. The Morgan fingerprint density at radius 3 is 2.58 bits per heavy atom. The third-order valence-corrected chi connectivity index (χ3v) is 4.98. The number of nitrogens with zero attached hydrogens (tertiary/aromatic N) is 2. The molecule has 0 bridgehead atoms. The molecule has 0 atom stereocenters. The van der Waals surface area contributed by atoms with Crippen LogP contribution in [0.2, 0.25) is 5.02 Å². The summed E-state index contributed by atoms with van der Waals surface area (Å²) in [5, 5.41) is 11.7. The van der Waals surface area contributed by atoms with Crippen LogP contribution in [0.4, 0.5) is 5.69 Å². The van der Waals surface area contributed by atoms with Crippen molar-refractivity contribution in [2.24, 2.45) is 0 Å². The Hall–Kier alpha value is -2.44. The van der Waals surface area contributed by atoms with Gasteiger partial charge in [-0.15, -0.1) is 0 Å². The van der Waals surface area contributed by atoms with E-state index in [4.69, 9.17) is 11.6 Å². The van der Waals surface area contributed by atoms with Gasteiger partial charge in [0.2, 0.25) is 0 Å². The second kappa shape index (κ2) is 7.85. The molecule has 0 spiro atoms. The molecule has 1 saturated heterocycles. The fraction of sp³-hybridized carbons (Fsp3) is 0.316. The molecule has 1 aliphatic rings. The molecule has 1 aliphatic heterocycles. The van der Waals surface area contributed by atoms with Crippen molar-refractivity contribution in [2.75, 3.05) is 26.2 Å². The van der Waals surface area contributed by atoms with Crippen LogP contribution in [0.1, 0.15) is 21.5 Å². The van der Waals surface area contributed by atoms with Gasteiger partial charge in [0.15, 0.2) is 0 Å². The summed E-state index contributed by atoms with van der Waals surface area (Å²) in [4.78, 5) is 26.4. The van der Waals surface area contributed by atoms with Gasteiger partial charge in [-0.2, -0.15) is 0 Å². The standard InChI is InChI=1S/C19H20ClN3O3/c1-14-11-16(5-6-18(14)23(25)26)19(24)22-9-7-21(8-10-22)13-15-3-2-4-17(20)12-15/h2-6,11-12H,7-10,13H2,1H3/p+1. The number of amides is 1. The van der Waals surface area contributed by atoms with Gasteiger partial charge in [0.1, 0.15) is 6.54 Å². The number of carbonyl (C=O) groups is 1. The highest BCUT2D eigenvalue weighted by atomic mass is 35.5. The van der Waals surface area contributed by atoms with Gasteiger partial charge in [-0.05, 0) is 31.2 Å². The van der Waals surface area contributed by atoms with Crippen molar-refractivity contribution in [1.82, 2.24) is 4.90 Å². The van der Waals surface area contributed by atoms with Crippen LogP contribution in [0.5, 0.6) is 0 Å². The third kappa shape index (κ3) is 4.20. The van der Waals surface area contributed by atoms with E-state index >= 15 is 0 Å². The quantitative estimate of drug-likeness (QED) is 0.658. The summed E-state index contributed by atoms with van der Waals surface area (Å²) >= 11 is 6.03. The van der Waals surface area contributed by atoms with E-state index in [1.54, 1.807) is 19.1 Å². The number of rotatable bonds is 4. The lowest BCUT2D eigenvalue weighted by atomic mass is 10.1. The van der Waals surface area contributed by atoms with Crippen LogP contribution in [0, 0.1) is 17.0 Å². The molecule has 1 heterocycles. The molecule has 0 unspecified atom stereocenters. The van der Waals surface area contributed by atoms with E-state index in [0.717, 1.165) is 24.7 Å². The number of quaternary nitrogens is 1. The lowest BCUT2D eigenvalue weighted by Gasteiger charge is -2.32. The first-order valence-electron chi connectivity index (χ1n) is 8.56. The predicted molar refractivity (Wildman–Crippen MR) is 99.6 cm³/mol. The van der Waals surface area contributed by atoms with Crippen molar-refractivity contribution >= 4 is 23.2 Å². The molecular formula is C19H21ClN3O3+. The average Bonchev–Trinajstić information content (AvgIpc) is 2.61. The van der Waals surface area contributed by atoms with Gasteiger partial charge in [-0.3, -0.25) is 14.9 Å². The summed E-state index contributed by atoms with van der Waals surface area (Å²) in [5.41, 5.74) is 2.24. The first-order valence-corrected chi connectivity index (χ1v) is 8.94. The summed E-state index contributed by atoms with van der Waals surface area (Å²) in [6.07, 6.45) is 0. The number of hydrogen-bond donors (Lipinski definition) is 1. The Labute approximate surface area is 157 Å². The number of nitro benzene ring substituents is 1. The van der Waals surface area contributed by atoms with E-state index in [0.29, 0.717) is 24.2 Å². The van der Waals surface area contributed by atoms with Crippen molar-refractivity contribution in [3.05, 3.63) is 74.3 Å². The fourth-order valence-electron chi connectivity index (χ4n) is 3.31. The molecule has 0 radical (unpaired) electrons. The average molecular weight is 375 g/mol. The van der Waals surface area contributed by atoms with Gasteiger partial charge in [0.05, 0.1) is 31.1 Å². The normalized spacial score (nSPS) is 15.1. The number of carbonyl (C=O) groups excluding carboxylic acids is 1. The highest BCUT2D eigenvalue weighted by Gasteiger charge is 2.25. The minimum absolute atomic E-state index is 0.0392. The molecule has 26 heavy (non-hydrogen) atoms. The van der Waals surface area contributed by atoms with Crippen molar-refractivity contribution in [3.8, 4) is 0 Å². The van der Waals surface area contributed by atoms with Crippen molar-refractivity contribution in [1.29, 1.82) is 0 Å². The Kier molecular flexibility index (Phi) is 5.54. The van der Waals surface area contributed by atoms with Gasteiger partial charge < -0.3 is 9.80 Å². The van der Waals surface area contributed by atoms with E-state index in [9.17, 15) is 14.9 Å². The molecule has 1 fully saturated rings. The molecular weight excluding hydrogens is 354 g/mol. The topological polar surface area (TPSA) is 67.9 Å². The minimum atomic E-state index is -0.429. The summed E-state index contributed by atoms with van der Waals surface area (Å²) in [6, 6.07) is 12.4. The lowest BCUT2D eigenvalue weighted by Crippen LogP contribution is -3.13. The molecule has 1 N–H and O–H groups in total. The van der Waals surface area contributed by atoms with Crippen molar-refractivity contribution in [2.45, 2.75) is 13.5 Å². The SMILES string of the molecule is Cc1cc(C(=O)N2CC[NH+](Cc3cccc(Cl)c3)CC2)ccc1[N+](=O)[O-]. The zero-order valence-electron chi connectivity index (χ0n) is 14.6. The first kappa shape index (κ1) is 18.4. The fourth-order valence-corrected chi connectivity index (χ4v) is 3.53. The van der Waals surface area contributed by atoms with Gasteiger partial charge in [0, 0.05) is 27.8 Å². The Bertz CT molecular complexity index is 833. The smallest absolute Gasteiger partial charge is 0.272 e. The van der Waals surface area contributed by atoms with Crippen molar-refractivity contribution in [3.63, 3.8) is 0 Å². The number of aryl methyl sites for hydroxylation is 1. The minimum Gasteiger partial charge on any atom is -0.328 e. The van der Waals surface area contributed by atoms with Crippen LogP contribution in [0.3, 0.4) is 0 Å². The molecule has 6 nitrogen and oxygen atoms in total. The van der Waals surface area contributed by atoms with Crippen LogP contribution >= 0.6 is 11.6 Å². The number of nitro groups is 1. The molecule has 3 rings (SSSR count). The monoisotopic (exact) mass is 374 g/mol. The summed E-state index contributed by atoms with van der Waals surface area (Å²) in [5.74, 6) is -0.0650. The highest BCUT2D eigenvalue weighted by molar-refractivity contribution is 6.30. The molecule has 2 aromatic carbocycles. The summed E-state index contributed by atoms with van der Waals surface area (Å²) in [7, 11) is 0. The lowest BCUT2D eigenvalue weighted by molar-refractivity contribution is -0.917. The Morgan fingerprint density at radius 1 is 1.23 bits per heavy atom. The van der Waals surface area contributed by atoms with Crippen LogP contribution < -0.4 is 4.90 Å². The largest absolute Gasteiger partial charge is 0.328 e. The molecule has 136 valence electrons. The highest BCUT2D eigenvalue weighted by Crippen LogP contribution is 2.19. The van der Waals surface area contributed by atoms with Crippen molar-refractivity contribution < 1.29 is 14.6 Å². The van der Waals surface area contributed by atoms with E-state index < -0.39 is 4.92 Å². The number of piperazine rings is 1.